The van der Waals surface area contributed by atoms with E-state index in [1.54, 1.807) is 31.3 Å². The van der Waals surface area contributed by atoms with Crippen molar-refractivity contribution in [2.45, 2.75) is 23.8 Å². The van der Waals surface area contributed by atoms with Crippen LogP contribution in [0.5, 0.6) is 0 Å². The quantitative estimate of drug-likeness (QED) is 0.862. The van der Waals surface area contributed by atoms with Crippen LogP contribution < -0.4 is 10.0 Å². The molecule has 0 bridgehead atoms. The molecule has 0 aromatic heterocycles. The van der Waals surface area contributed by atoms with E-state index in [9.17, 15) is 8.42 Å². The molecule has 1 saturated heterocycles. The van der Waals surface area contributed by atoms with Crippen molar-refractivity contribution in [3.63, 3.8) is 0 Å². The fourth-order valence-electron chi connectivity index (χ4n) is 2.03. The van der Waals surface area contributed by atoms with Crippen molar-refractivity contribution in [3.8, 4) is 0 Å². The molecular weight excluding hydrogens is 252 g/mol. The second-order valence-electron chi connectivity index (χ2n) is 4.71. The lowest BCUT2D eigenvalue weighted by Crippen LogP contribution is -2.46. The summed E-state index contributed by atoms with van der Waals surface area (Å²) in [6.07, 6.45) is 0.688. The molecule has 2 rings (SSSR count). The van der Waals surface area contributed by atoms with Crippen LogP contribution in [0.4, 0.5) is 5.69 Å². The summed E-state index contributed by atoms with van der Waals surface area (Å²) in [6, 6.07) is 6.84. The standard InChI is InChI=1S/C12H18N2O3S/c1-12(7-8-17-9-12)14-18(15,16)11-6-4-3-5-10(11)13-2/h3-6,13-14H,7-9H2,1-2H3. The van der Waals surface area contributed by atoms with E-state index in [0.29, 0.717) is 25.3 Å². The van der Waals surface area contributed by atoms with E-state index < -0.39 is 15.6 Å². The topological polar surface area (TPSA) is 67.4 Å². The Bertz CT molecular complexity index is 522. The van der Waals surface area contributed by atoms with Crippen LogP contribution in [-0.4, -0.2) is 34.2 Å². The molecule has 0 spiro atoms. The molecule has 1 aliphatic heterocycles. The summed E-state index contributed by atoms with van der Waals surface area (Å²) in [7, 11) is -1.83. The molecule has 0 amide bonds. The summed E-state index contributed by atoms with van der Waals surface area (Å²) in [5.74, 6) is 0. The van der Waals surface area contributed by atoms with Crippen LogP contribution in [0.3, 0.4) is 0 Å². The van der Waals surface area contributed by atoms with Gasteiger partial charge in [0.2, 0.25) is 10.0 Å². The zero-order valence-corrected chi connectivity index (χ0v) is 11.4. The van der Waals surface area contributed by atoms with Crippen LogP contribution in [0.15, 0.2) is 29.2 Å². The molecule has 18 heavy (non-hydrogen) atoms. The normalized spacial score (nSPS) is 24.1. The van der Waals surface area contributed by atoms with Crippen LogP contribution in [-0.2, 0) is 14.8 Å². The van der Waals surface area contributed by atoms with E-state index in [-0.39, 0.29) is 4.90 Å². The second-order valence-corrected chi connectivity index (χ2v) is 6.37. The Kier molecular flexibility index (Phi) is 3.61. The fraction of sp³-hybridized carbons (Fsp3) is 0.500. The van der Waals surface area contributed by atoms with Gasteiger partial charge in [0.25, 0.3) is 0 Å². The average molecular weight is 270 g/mol. The Hall–Kier alpha value is -1.11. The number of ether oxygens (including phenoxy) is 1. The third kappa shape index (κ3) is 2.66. The Balaban J connectivity index is 2.30. The van der Waals surface area contributed by atoms with Crippen LogP contribution in [0, 0.1) is 0 Å². The van der Waals surface area contributed by atoms with Gasteiger partial charge in [-0.25, -0.2) is 13.1 Å². The van der Waals surface area contributed by atoms with Crippen LogP contribution in [0.1, 0.15) is 13.3 Å². The molecule has 0 aliphatic carbocycles. The average Bonchev–Trinajstić information content (AvgIpc) is 2.74. The third-order valence-electron chi connectivity index (χ3n) is 3.05. The second kappa shape index (κ2) is 4.87. The number of anilines is 1. The van der Waals surface area contributed by atoms with Gasteiger partial charge in [0.1, 0.15) is 4.90 Å². The van der Waals surface area contributed by atoms with E-state index >= 15 is 0 Å². The van der Waals surface area contributed by atoms with Crippen molar-refractivity contribution in [1.29, 1.82) is 0 Å². The maximum atomic E-state index is 12.4. The maximum Gasteiger partial charge on any atom is 0.243 e. The predicted molar refractivity (Wildman–Crippen MR) is 70.2 cm³/mol. The predicted octanol–water partition coefficient (Wildman–Crippen LogP) is 1.19. The van der Waals surface area contributed by atoms with Gasteiger partial charge >= 0.3 is 0 Å². The lowest BCUT2D eigenvalue weighted by Gasteiger charge is -2.24. The smallest absolute Gasteiger partial charge is 0.243 e. The zero-order chi connectivity index (χ0) is 13.2. The van der Waals surface area contributed by atoms with E-state index in [1.807, 2.05) is 6.92 Å². The summed E-state index contributed by atoms with van der Waals surface area (Å²) in [5.41, 5.74) is 0.0761. The van der Waals surface area contributed by atoms with Crippen molar-refractivity contribution in [2.75, 3.05) is 25.6 Å². The van der Waals surface area contributed by atoms with E-state index in [0.717, 1.165) is 0 Å². The van der Waals surface area contributed by atoms with Crippen molar-refractivity contribution >= 4 is 15.7 Å². The lowest BCUT2D eigenvalue weighted by atomic mass is 10.0. The molecule has 1 aromatic rings. The SMILES string of the molecule is CNc1ccccc1S(=O)(=O)NC1(C)CCOC1. The molecule has 1 aromatic carbocycles. The largest absolute Gasteiger partial charge is 0.387 e. The maximum absolute atomic E-state index is 12.4. The summed E-state index contributed by atoms with van der Waals surface area (Å²) in [6.45, 7) is 2.86. The molecular formula is C12H18N2O3S. The van der Waals surface area contributed by atoms with Crippen molar-refractivity contribution in [2.24, 2.45) is 0 Å². The minimum absolute atomic E-state index is 0.264. The molecule has 100 valence electrons. The molecule has 1 atom stereocenters. The monoisotopic (exact) mass is 270 g/mol. The van der Waals surface area contributed by atoms with Crippen LogP contribution in [0.25, 0.3) is 0 Å². The van der Waals surface area contributed by atoms with Gasteiger partial charge in [-0.1, -0.05) is 12.1 Å². The van der Waals surface area contributed by atoms with Gasteiger partial charge in [-0.05, 0) is 25.5 Å². The number of para-hydroxylation sites is 1. The summed E-state index contributed by atoms with van der Waals surface area (Å²) in [5, 5.41) is 2.89. The number of sulfonamides is 1. The number of nitrogens with one attached hydrogen (secondary N) is 2. The van der Waals surface area contributed by atoms with Crippen molar-refractivity contribution < 1.29 is 13.2 Å². The number of hydrogen-bond acceptors (Lipinski definition) is 4. The first-order valence-corrected chi connectivity index (χ1v) is 7.34. The summed E-state index contributed by atoms with van der Waals surface area (Å²) < 4.78 is 32.7. The first-order chi connectivity index (χ1) is 8.47. The lowest BCUT2D eigenvalue weighted by molar-refractivity contribution is 0.178. The van der Waals surface area contributed by atoms with Crippen molar-refractivity contribution in [1.82, 2.24) is 4.72 Å². The van der Waals surface area contributed by atoms with Gasteiger partial charge in [0.05, 0.1) is 17.8 Å². The summed E-state index contributed by atoms with van der Waals surface area (Å²) in [4.78, 5) is 0.264. The Labute approximate surface area is 108 Å². The minimum Gasteiger partial charge on any atom is -0.387 e. The van der Waals surface area contributed by atoms with E-state index in [4.69, 9.17) is 4.74 Å². The fourth-order valence-corrected chi connectivity index (χ4v) is 3.67. The molecule has 2 N–H and O–H groups in total. The van der Waals surface area contributed by atoms with Crippen LogP contribution >= 0.6 is 0 Å². The third-order valence-corrected chi connectivity index (χ3v) is 4.74. The van der Waals surface area contributed by atoms with Gasteiger partial charge in [0, 0.05) is 13.7 Å². The highest BCUT2D eigenvalue weighted by Gasteiger charge is 2.35. The van der Waals surface area contributed by atoms with Crippen molar-refractivity contribution in [3.05, 3.63) is 24.3 Å². The molecule has 0 saturated carbocycles. The highest BCUT2D eigenvalue weighted by Crippen LogP contribution is 2.25. The van der Waals surface area contributed by atoms with E-state index in [1.165, 1.54) is 0 Å². The number of rotatable bonds is 4. The van der Waals surface area contributed by atoms with E-state index in [2.05, 4.69) is 10.0 Å². The zero-order valence-electron chi connectivity index (χ0n) is 10.6. The van der Waals surface area contributed by atoms with Crippen LogP contribution in [0.2, 0.25) is 0 Å². The Morgan fingerprint density at radius 1 is 1.33 bits per heavy atom. The van der Waals surface area contributed by atoms with Gasteiger partial charge in [-0.2, -0.15) is 0 Å². The first kappa shape index (κ1) is 13.3. The molecule has 6 heteroatoms. The molecule has 1 fully saturated rings. The molecule has 1 unspecified atom stereocenters. The highest BCUT2D eigenvalue weighted by atomic mass is 32.2. The molecule has 5 nitrogen and oxygen atoms in total. The highest BCUT2D eigenvalue weighted by molar-refractivity contribution is 7.89. The van der Waals surface area contributed by atoms with Gasteiger partial charge in [-0.3, -0.25) is 0 Å². The van der Waals surface area contributed by atoms with Gasteiger partial charge < -0.3 is 10.1 Å². The van der Waals surface area contributed by atoms with Gasteiger partial charge in [-0.15, -0.1) is 0 Å². The van der Waals surface area contributed by atoms with Gasteiger partial charge in [0.15, 0.2) is 0 Å². The number of benzene rings is 1. The Morgan fingerprint density at radius 2 is 2.06 bits per heavy atom. The molecule has 1 aliphatic rings. The summed E-state index contributed by atoms with van der Waals surface area (Å²) >= 11 is 0. The minimum atomic E-state index is -3.54. The molecule has 0 radical (unpaired) electrons. The molecule has 1 heterocycles. The Morgan fingerprint density at radius 3 is 2.67 bits per heavy atom. The first-order valence-electron chi connectivity index (χ1n) is 5.85. The number of hydrogen-bond donors (Lipinski definition) is 2.